The van der Waals surface area contributed by atoms with Crippen molar-refractivity contribution in [3.63, 3.8) is 0 Å². The van der Waals surface area contributed by atoms with Gasteiger partial charge in [-0.1, -0.05) is 30.3 Å². The Morgan fingerprint density at radius 2 is 1.81 bits per heavy atom. The molecule has 0 radical (unpaired) electrons. The average molecular weight is 283 g/mol. The van der Waals surface area contributed by atoms with E-state index in [1.807, 2.05) is 36.4 Å². The van der Waals surface area contributed by atoms with Gasteiger partial charge in [-0.05, 0) is 38.5 Å². The number of amides is 1. The summed E-state index contributed by atoms with van der Waals surface area (Å²) in [5.41, 5.74) is 1.91. The summed E-state index contributed by atoms with van der Waals surface area (Å²) in [5.74, 6) is 0.501. The van der Waals surface area contributed by atoms with Crippen LogP contribution in [0.3, 0.4) is 0 Å². The first-order valence-electron chi connectivity index (χ1n) is 7.00. The molecule has 2 aromatic rings. The lowest BCUT2D eigenvalue weighted by Crippen LogP contribution is -2.26. The summed E-state index contributed by atoms with van der Waals surface area (Å²) in [5, 5.41) is 6.13. The molecule has 1 aromatic heterocycles. The van der Waals surface area contributed by atoms with E-state index in [4.69, 9.17) is 0 Å². The first-order valence-corrected chi connectivity index (χ1v) is 7.00. The molecule has 4 nitrogen and oxygen atoms in total. The van der Waals surface area contributed by atoms with Crippen LogP contribution < -0.4 is 10.6 Å². The minimum atomic E-state index is -0.0646. The van der Waals surface area contributed by atoms with Crippen molar-refractivity contribution in [2.45, 2.75) is 32.7 Å². The zero-order valence-electron chi connectivity index (χ0n) is 12.7. The normalized spacial score (nSPS) is 11.0. The molecule has 2 rings (SSSR count). The van der Waals surface area contributed by atoms with Gasteiger partial charge in [0.05, 0.1) is 18.3 Å². The summed E-state index contributed by atoms with van der Waals surface area (Å²) in [6, 6.07) is 13.4. The van der Waals surface area contributed by atoms with Crippen LogP contribution in [0.15, 0.2) is 48.7 Å². The van der Waals surface area contributed by atoms with E-state index in [9.17, 15) is 4.79 Å². The van der Waals surface area contributed by atoms with Crippen LogP contribution in [0.5, 0.6) is 0 Å². The predicted molar refractivity (Wildman–Crippen MR) is 86.4 cm³/mol. The second-order valence-electron chi connectivity index (χ2n) is 6.02. The van der Waals surface area contributed by atoms with Gasteiger partial charge in [-0.3, -0.25) is 4.79 Å². The molecule has 1 heterocycles. The van der Waals surface area contributed by atoms with Crippen LogP contribution in [0.1, 0.15) is 26.3 Å². The summed E-state index contributed by atoms with van der Waals surface area (Å²) < 4.78 is 0. The van der Waals surface area contributed by atoms with Crippen molar-refractivity contribution < 1.29 is 4.79 Å². The van der Waals surface area contributed by atoms with Crippen molar-refractivity contribution in [1.82, 2.24) is 4.98 Å². The molecule has 4 heteroatoms. The first-order chi connectivity index (χ1) is 9.92. The molecule has 110 valence electrons. The Morgan fingerprint density at radius 3 is 2.38 bits per heavy atom. The molecule has 0 atom stereocenters. The van der Waals surface area contributed by atoms with Crippen LogP contribution in [0.2, 0.25) is 0 Å². The standard InChI is InChI=1S/C17H21N3O/c1-17(2,3)20-14-9-10-15(18-12-14)19-16(21)11-13-7-5-4-6-8-13/h4-10,12,20H,11H2,1-3H3,(H,18,19,21). The van der Waals surface area contributed by atoms with Gasteiger partial charge in [0.25, 0.3) is 0 Å². The lowest BCUT2D eigenvalue weighted by atomic mass is 10.1. The molecule has 0 aliphatic carbocycles. The second-order valence-corrected chi connectivity index (χ2v) is 6.02. The number of pyridine rings is 1. The predicted octanol–water partition coefficient (Wildman–Crippen LogP) is 3.47. The fourth-order valence-electron chi connectivity index (χ4n) is 1.94. The largest absolute Gasteiger partial charge is 0.379 e. The van der Waals surface area contributed by atoms with Crippen molar-refractivity contribution in [3.05, 3.63) is 54.2 Å². The van der Waals surface area contributed by atoms with Gasteiger partial charge in [0.1, 0.15) is 5.82 Å². The molecule has 1 amide bonds. The van der Waals surface area contributed by atoms with Crippen molar-refractivity contribution >= 4 is 17.4 Å². The fourth-order valence-corrected chi connectivity index (χ4v) is 1.94. The number of rotatable bonds is 4. The monoisotopic (exact) mass is 283 g/mol. The third-order valence-corrected chi connectivity index (χ3v) is 2.76. The summed E-state index contributed by atoms with van der Waals surface area (Å²) in [6.07, 6.45) is 2.08. The summed E-state index contributed by atoms with van der Waals surface area (Å²) in [4.78, 5) is 16.2. The van der Waals surface area contributed by atoms with Crippen LogP contribution in [0.4, 0.5) is 11.5 Å². The van der Waals surface area contributed by atoms with Crippen LogP contribution >= 0.6 is 0 Å². The smallest absolute Gasteiger partial charge is 0.229 e. The molecule has 0 saturated heterocycles. The van der Waals surface area contributed by atoms with Gasteiger partial charge in [0, 0.05) is 5.54 Å². The van der Waals surface area contributed by atoms with Gasteiger partial charge >= 0.3 is 0 Å². The highest BCUT2D eigenvalue weighted by Crippen LogP contribution is 2.15. The molecule has 0 bridgehead atoms. The molecular weight excluding hydrogens is 262 g/mol. The van der Waals surface area contributed by atoms with E-state index in [0.717, 1.165) is 11.3 Å². The van der Waals surface area contributed by atoms with Crippen molar-refractivity contribution in [1.29, 1.82) is 0 Å². The summed E-state index contributed by atoms with van der Waals surface area (Å²) in [6.45, 7) is 6.26. The average Bonchev–Trinajstić information content (AvgIpc) is 2.40. The van der Waals surface area contributed by atoms with Gasteiger partial charge < -0.3 is 10.6 Å². The molecule has 0 fully saturated rings. The third-order valence-electron chi connectivity index (χ3n) is 2.76. The third kappa shape index (κ3) is 5.26. The molecule has 0 aliphatic rings. The van der Waals surface area contributed by atoms with Gasteiger partial charge in [0.15, 0.2) is 0 Å². The minimum absolute atomic E-state index is 0.0141. The Bertz CT molecular complexity index is 586. The van der Waals surface area contributed by atoms with E-state index in [0.29, 0.717) is 12.2 Å². The Morgan fingerprint density at radius 1 is 1.10 bits per heavy atom. The van der Waals surface area contributed by atoms with Gasteiger partial charge in [-0.15, -0.1) is 0 Å². The number of benzene rings is 1. The van der Waals surface area contributed by atoms with Gasteiger partial charge in [-0.25, -0.2) is 4.98 Å². The van der Waals surface area contributed by atoms with Crippen molar-refractivity contribution in [2.24, 2.45) is 0 Å². The van der Waals surface area contributed by atoms with E-state index in [1.165, 1.54) is 0 Å². The minimum Gasteiger partial charge on any atom is -0.379 e. The molecule has 21 heavy (non-hydrogen) atoms. The van der Waals surface area contributed by atoms with Crippen LogP contribution in [0, 0.1) is 0 Å². The number of anilines is 2. The molecule has 0 saturated carbocycles. The zero-order chi connectivity index (χ0) is 15.3. The number of carbonyl (C=O) groups excluding carboxylic acids is 1. The van der Waals surface area contributed by atoms with Gasteiger partial charge in [0.2, 0.25) is 5.91 Å². The summed E-state index contributed by atoms with van der Waals surface area (Å²) >= 11 is 0. The highest BCUT2D eigenvalue weighted by molar-refractivity contribution is 5.91. The quantitative estimate of drug-likeness (QED) is 0.903. The highest BCUT2D eigenvalue weighted by Gasteiger charge is 2.09. The Kier molecular flexibility index (Phi) is 4.58. The zero-order valence-corrected chi connectivity index (χ0v) is 12.7. The summed E-state index contributed by atoms with van der Waals surface area (Å²) in [7, 11) is 0. The van der Waals surface area contributed by atoms with Crippen molar-refractivity contribution in [2.75, 3.05) is 10.6 Å². The number of nitrogens with zero attached hydrogens (tertiary/aromatic N) is 1. The first kappa shape index (κ1) is 15.0. The molecule has 2 N–H and O–H groups in total. The van der Waals surface area contributed by atoms with E-state index in [-0.39, 0.29) is 11.4 Å². The number of aromatic nitrogens is 1. The Labute approximate surface area is 125 Å². The van der Waals surface area contributed by atoms with E-state index < -0.39 is 0 Å². The van der Waals surface area contributed by atoms with Crippen LogP contribution in [-0.4, -0.2) is 16.4 Å². The molecule has 0 unspecified atom stereocenters. The lowest BCUT2D eigenvalue weighted by Gasteiger charge is -2.21. The number of hydrogen-bond donors (Lipinski definition) is 2. The maximum Gasteiger partial charge on any atom is 0.229 e. The number of nitrogens with one attached hydrogen (secondary N) is 2. The topological polar surface area (TPSA) is 54.0 Å². The molecule has 0 spiro atoms. The Hall–Kier alpha value is -2.36. The van der Waals surface area contributed by atoms with E-state index in [2.05, 4.69) is 36.4 Å². The fraction of sp³-hybridized carbons (Fsp3) is 0.294. The molecule has 1 aromatic carbocycles. The number of hydrogen-bond acceptors (Lipinski definition) is 3. The van der Waals surface area contributed by atoms with Crippen molar-refractivity contribution in [3.8, 4) is 0 Å². The second kappa shape index (κ2) is 6.39. The number of carbonyl (C=O) groups is 1. The Balaban J connectivity index is 1.92. The maximum atomic E-state index is 11.9. The SMILES string of the molecule is CC(C)(C)Nc1ccc(NC(=O)Cc2ccccc2)nc1. The van der Waals surface area contributed by atoms with E-state index >= 15 is 0 Å². The van der Waals surface area contributed by atoms with Gasteiger partial charge in [-0.2, -0.15) is 0 Å². The highest BCUT2D eigenvalue weighted by atomic mass is 16.1. The molecular formula is C17H21N3O. The van der Waals surface area contributed by atoms with Crippen LogP contribution in [0.25, 0.3) is 0 Å². The maximum absolute atomic E-state index is 11.9. The van der Waals surface area contributed by atoms with Crippen LogP contribution in [-0.2, 0) is 11.2 Å². The molecule has 0 aliphatic heterocycles. The van der Waals surface area contributed by atoms with E-state index in [1.54, 1.807) is 12.3 Å². The lowest BCUT2D eigenvalue weighted by molar-refractivity contribution is -0.115.